The van der Waals surface area contributed by atoms with E-state index in [1.807, 2.05) is 18.3 Å². The second-order valence-electron chi connectivity index (χ2n) is 11.8. The molecule has 0 spiro atoms. The number of H-pyrrole nitrogens is 1. The summed E-state index contributed by atoms with van der Waals surface area (Å²) in [6.07, 6.45) is 1.06. The molecule has 9 heteroatoms. The third-order valence-electron chi connectivity index (χ3n) is 9.02. The molecule has 0 amide bonds. The molecule has 6 N–H and O–H groups in total. The Balaban J connectivity index is 1.35. The molecule has 2 aliphatic rings. The minimum Gasteiger partial charge on any atom is -0.508 e. The number of aromatic hydroxyl groups is 2. The monoisotopic (exact) mass is 609 g/mol. The average molecular weight is 610 g/mol. The Bertz CT molecular complexity index is 1880. The lowest BCUT2D eigenvalue weighted by Gasteiger charge is -2.37. The Morgan fingerprint density at radius 2 is 1.76 bits per heavy atom. The first kappa shape index (κ1) is 29.0. The molecule has 3 atom stereocenters. The second kappa shape index (κ2) is 11.7. The molecule has 3 unspecified atom stereocenters. The van der Waals surface area contributed by atoms with E-state index in [2.05, 4.69) is 23.2 Å². The van der Waals surface area contributed by atoms with Crippen molar-refractivity contribution in [2.75, 3.05) is 20.3 Å². The standard InChI is InChI=1S/C36H35NO8/c1-43-33-13-21(3-7-30(33)41)36-31(42)15-27-28-12-22(11-19-2-6-29-20(10-19)8-9-37-29)26-14-23(40)4-5-25(26)35(28)34(16-32(27)45-36)44-24(17-38)18-39/h2-10,13-14,16,22,24,31,36-42H,11-12,15,17-18H2,1H3. The Labute approximate surface area is 259 Å². The number of hydrogen-bond donors (Lipinski definition) is 6. The quantitative estimate of drug-likeness (QED) is 0.146. The van der Waals surface area contributed by atoms with Crippen LogP contribution in [0.15, 0.2) is 72.9 Å². The number of aromatic amines is 1. The lowest BCUT2D eigenvalue weighted by atomic mass is 9.73. The van der Waals surface area contributed by atoms with E-state index in [1.54, 1.807) is 30.3 Å². The van der Waals surface area contributed by atoms with Crippen molar-refractivity contribution in [1.82, 2.24) is 4.98 Å². The van der Waals surface area contributed by atoms with E-state index in [0.717, 1.165) is 44.3 Å². The maximum Gasteiger partial charge on any atom is 0.160 e. The molecule has 0 saturated heterocycles. The van der Waals surface area contributed by atoms with E-state index in [4.69, 9.17) is 14.2 Å². The molecule has 0 radical (unpaired) electrons. The van der Waals surface area contributed by atoms with Crippen molar-refractivity contribution in [3.05, 3.63) is 101 Å². The number of fused-ring (bicyclic) bond motifs is 6. The van der Waals surface area contributed by atoms with Crippen LogP contribution < -0.4 is 14.2 Å². The van der Waals surface area contributed by atoms with Gasteiger partial charge in [0, 0.05) is 35.3 Å². The number of methoxy groups -OCH3 is 1. The number of benzene rings is 4. The zero-order valence-corrected chi connectivity index (χ0v) is 24.7. The van der Waals surface area contributed by atoms with Crippen molar-refractivity contribution in [2.45, 2.75) is 43.5 Å². The summed E-state index contributed by atoms with van der Waals surface area (Å²) in [4.78, 5) is 3.24. The second-order valence-corrected chi connectivity index (χ2v) is 11.8. The number of ether oxygens (including phenoxy) is 3. The molecular weight excluding hydrogens is 574 g/mol. The zero-order valence-electron chi connectivity index (χ0n) is 24.7. The Morgan fingerprint density at radius 3 is 2.56 bits per heavy atom. The number of aromatic nitrogens is 1. The smallest absolute Gasteiger partial charge is 0.160 e. The summed E-state index contributed by atoms with van der Waals surface area (Å²) in [5.74, 6) is 1.40. The minimum atomic E-state index is -0.888. The van der Waals surface area contributed by atoms with Gasteiger partial charge in [0.1, 0.15) is 29.5 Å². The lowest BCUT2D eigenvalue weighted by molar-refractivity contribution is 0.0196. The van der Waals surface area contributed by atoms with E-state index in [-0.39, 0.29) is 36.4 Å². The van der Waals surface area contributed by atoms with Crippen molar-refractivity contribution < 1.29 is 39.7 Å². The van der Waals surface area contributed by atoms with Gasteiger partial charge < -0.3 is 44.7 Å². The van der Waals surface area contributed by atoms with Gasteiger partial charge in [0.2, 0.25) is 0 Å². The maximum atomic E-state index is 11.4. The molecule has 9 nitrogen and oxygen atoms in total. The summed E-state index contributed by atoms with van der Waals surface area (Å²) >= 11 is 0. The van der Waals surface area contributed by atoms with Gasteiger partial charge in [0.25, 0.3) is 0 Å². The Hall–Kier alpha value is -4.70. The summed E-state index contributed by atoms with van der Waals surface area (Å²) in [7, 11) is 1.46. The van der Waals surface area contributed by atoms with Gasteiger partial charge in [-0.25, -0.2) is 0 Å². The van der Waals surface area contributed by atoms with Crippen LogP contribution in [0.25, 0.3) is 22.0 Å². The number of phenols is 2. The van der Waals surface area contributed by atoms with Crippen LogP contribution in [0.5, 0.6) is 28.7 Å². The lowest BCUT2D eigenvalue weighted by Crippen LogP contribution is -2.32. The number of hydrogen-bond acceptors (Lipinski definition) is 8. The van der Waals surface area contributed by atoms with Gasteiger partial charge in [-0.15, -0.1) is 0 Å². The van der Waals surface area contributed by atoms with Crippen LogP contribution in [-0.4, -0.2) is 63.0 Å². The SMILES string of the molecule is COc1cc(C2Oc3cc(OC(CO)CO)c4c(c3CC2O)CC(Cc2ccc3[nH]ccc3c2)c2cc(O)ccc2-4)ccc1O. The van der Waals surface area contributed by atoms with E-state index < -0.39 is 18.3 Å². The topological polar surface area (TPSA) is 145 Å². The predicted molar refractivity (Wildman–Crippen MR) is 168 cm³/mol. The third-order valence-corrected chi connectivity index (χ3v) is 9.02. The number of aliphatic hydroxyl groups is 3. The molecule has 0 bridgehead atoms. The molecule has 4 aromatic carbocycles. The molecule has 2 heterocycles. The van der Waals surface area contributed by atoms with Gasteiger partial charge in [0.05, 0.1) is 26.4 Å². The first-order chi connectivity index (χ1) is 21.9. The molecule has 1 aromatic heterocycles. The van der Waals surface area contributed by atoms with Crippen LogP contribution in [0.4, 0.5) is 0 Å². The normalized spacial score (nSPS) is 18.6. The zero-order chi connectivity index (χ0) is 31.2. The number of aliphatic hydroxyl groups excluding tert-OH is 3. The highest BCUT2D eigenvalue weighted by Gasteiger charge is 2.38. The summed E-state index contributed by atoms with van der Waals surface area (Å²) in [6, 6.07) is 20.4. The summed E-state index contributed by atoms with van der Waals surface area (Å²) in [5, 5.41) is 53.1. The summed E-state index contributed by atoms with van der Waals surface area (Å²) in [6.45, 7) is -0.769. The summed E-state index contributed by atoms with van der Waals surface area (Å²) in [5.41, 5.74) is 7.34. The first-order valence-electron chi connectivity index (χ1n) is 15.0. The fourth-order valence-corrected chi connectivity index (χ4v) is 6.84. The molecule has 45 heavy (non-hydrogen) atoms. The molecular formula is C36H35NO8. The fourth-order valence-electron chi connectivity index (χ4n) is 6.84. The van der Waals surface area contributed by atoms with Crippen LogP contribution in [-0.2, 0) is 19.3 Å². The van der Waals surface area contributed by atoms with Crippen molar-refractivity contribution in [1.29, 1.82) is 0 Å². The van der Waals surface area contributed by atoms with Crippen molar-refractivity contribution >= 4 is 10.9 Å². The van der Waals surface area contributed by atoms with Gasteiger partial charge in [0.15, 0.2) is 11.5 Å². The Kier molecular flexibility index (Phi) is 7.53. The van der Waals surface area contributed by atoms with E-state index in [1.165, 1.54) is 13.2 Å². The van der Waals surface area contributed by atoms with Crippen LogP contribution >= 0.6 is 0 Å². The predicted octanol–water partition coefficient (Wildman–Crippen LogP) is 4.91. The average Bonchev–Trinajstić information content (AvgIpc) is 3.52. The number of phenolic OH excluding ortho intramolecular Hbond substituents is 2. The van der Waals surface area contributed by atoms with E-state index in [0.29, 0.717) is 36.3 Å². The van der Waals surface area contributed by atoms with Crippen LogP contribution in [0.2, 0.25) is 0 Å². The van der Waals surface area contributed by atoms with Crippen LogP contribution in [0.1, 0.15) is 39.8 Å². The highest BCUT2D eigenvalue weighted by molar-refractivity contribution is 5.83. The number of nitrogens with one attached hydrogen (secondary N) is 1. The van der Waals surface area contributed by atoms with Crippen LogP contribution in [0.3, 0.4) is 0 Å². The van der Waals surface area contributed by atoms with Crippen LogP contribution in [0, 0.1) is 0 Å². The molecule has 0 saturated carbocycles. The van der Waals surface area contributed by atoms with Gasteiger partial charge in [-0.1, -0.05) is 18.2 Å². The Morgan fingerprint density at radius 1 is 0.911 bits per heavy atom. The molecule has 5 aromatic rings. The minimum absolute atomic E-state index is 0.00181. The number of rotatable bonds is 8. The van der Waals surface area contributed by atoms with E-state index >= 15 is 0 Å². The van der Waals surface area contributed by atoms with Gasteiger partial charge in [-0.05, 0) is 94.4 Å². The van der Waals surface area contributed by atoms with Gasteiger partial charge in [-0.2, -0.15) is 0 Å². The molecule has 0 fully saturated rings. The largest absolute Gasteiger partial charge is 0.508 e. The maximum absolute atomic E-state index is 11.4. The molecule has 1 aliphatic heterocycles. The van der Waals surface area contributed by atoms with Gasteiger partial charge in [-0.3, -0.25) is 0 Å². The fraction of sp³-hybridized carbons (Fsp3) is 0.278. The molecule has 1 aliphatic carbocycles. The van der Waals surface area contributed by atoms with Crippen molar-refractivity contribution in [3.8, 4) is 39.9 Å². The van der Waals surface area contributed by atoms with E-state index in [9.17, 15) is 25.5 Å². The highest BCUT2D eigenvalue weighted by Crippen LogP contribution is 2.52. The highest BCUT2D eigenvalue weighted by atomic mass is 16.5. The van der Waals surface area contributed by atoms with Gasteiger partial charge >= 0.3 is 0 Å². The molecule has 232 valence electrons. The molecule has 7 rings (SSSR count). The third kappa shape index (κ3) is 5.22. The van der Waals surface area contributed by atoms with Crippen molar-refractivity contribution in [3.63, 3.8) is 0 Å². The summed E-state index contributed by atoms with van der Waals surface area (Å²) < 4.78 is 18.0. The van der Waals surface area contributed by atoms with Crippen molar-refractivity contribution in [2.24, 2.45) is 0 Å². The first-order valence-corrected chi connectivity index (χ1v) is 15.0.